The number of hydrogen-bond donors (Lipinski definition) is 1. The molecule has 0 unspecified atom stereocenters. The maximum Gasteiger partial charge on any atom is 0.291 e. The fraction of sp³-hybridized carbons (Fsp3) is 0.214. The molecule has 0 saturated heterocycles. The first-order valence-corrected chi connectivity index (χ1v) is 7.14. The smallest absolute Gasteiger partial charge is 0.291 e. The minimum absolute atomic E-state index is 0.0393. The molecule has 1 amide bonds. The van der Waals surface area contributed by atoms with Crippen molar-refractivity contribution in [1.29, 1.82) is 0 Å². The van der Waals surface area contributed by atoms with E-state index in [-0.39, 0.29) is 11.7 Å². The van der Waals surface area contributed by atoms with Crippen LogP contribution in [0.4, 0.5) is 0 Å². The Morgan fingerprint density at radius 2 is 2.18 bits per heavy atom. The predicted octanol–water partition coefficient (Wildman–Crippen LogP) is 1.69. The second-order valence-corrected chi connectivity index (χ2v) is 5.11. The Bertz CT molecular complexity index is 789. The number of imidazole rings is 1. The van der Waals surface area contributed by atoms with Crippen LogP contribution in [0.15, 0.2) is 36.9 Å². The second-order valence-electron chi connectivity index (χ2n) is 4.68. The minimum Gasteiger partial charge on any atom is -0.349 e. The van der Waals surface area contributed by atoms with Gasteiger partial charge in [0.05, 0.1) is 11.8 Å². The van der Waals surface area contributed by atoms with Gasteiger partial charge in [0, 0.05) is 30.5 Å². The number of carbonyl (C=O) groups excluding carboxylic acids is 1. The van der Waals surface area contributed by atoms with Gasteiger partial charge in [0.2, 0.25) is 5.82 Å². The molecule has 2 aromatic heterocycles. The van der Waals surface area contributed by atoms with Crippen molar-refractivity contribution in [2.45, 2.75) is 13.0 Å². The van der Waals surface area contributed by atoms with Crippen LogP contribution in [0.25, 0.3) is 11.0 Å². The average Bonchev–Trinajstić information content (AvgIpc) is 3.04. The lowest BCUT2D eigenvalue weighted by Crippen LogP contribution is -2.27. The van der Waals surface area contributed by atoms with Crippen molar-refractivity contribution in [3.05, 3.63) is 47.8 Å². The molecule has 3 rings (SSSR count). The molecule has 0 fully saturated rings. The van der Waals surface area contributed by atoms with E-state index in [1.165, 1.54) is 0 Å². The van der Waals surface area contributed by atoms with Crippen molar-refractivity contribution in [1.82, 2.24) is 30.0 Å². The Morgan fingerprint density at radius 3 is 3.00 bits per heavy atom. The van der Waals surface area contributed by atoms with Crippen molar-refractivity contribution in [2.75, 3.05) is 6.54 Å². The SMILES string of the molecule is O=C(NCCCn1ccnc1)c1nnc2ccc(Cl)cc2n1. The molecular weight excluding hydrogens is 304 g/mol. The highest BCUT2D eigenvalue weighted by Gasteiger charge is 2.10. The summed E-state index contributed by atoms with van der Waals surface area (Å²) in [7, 11) is 0. The fourth-order valence-corrected chi connectivity index (χ4v) is 2.13. The van der Waals surface area contributed by atoms with Gasteiger partial charge in [-0.1, -0.05) is 11.6 Å². The van der Waals surface area contributed by atoms with Crippen molar-refractivity contribution < 1.29 is 4.79 Å². The minimum atomic E-state index is -0.347. The summed E-state index contributed by atoms with van der Waals surface area (Å²) in [5.74, 6) is -0.308. The molecule has 0 aliphatic heterocycles. The van der Waals surface area contributed by atoms with E-state index in [9.17, 15) is 4.79 Å². The van der Waals surface area contributed by atoms with E-state index in [2.05, 4.69) is 25.5 Å². The van der Waals surface area contributed by atoms with E-state index < -0.39 is 0 Å². The third-order valence-electron chi connectivity index (χ3n) is 3.06. The van der Waals surface area contributed by atoms with Crippen LogP contribution in [0.1, 0.15) is 17.0 Å². The molecule has 112 valence electrons. The molecule has 1 N–H and O–H groups in total. The summed E-state index contributed by atoms with van der Waals surface area (Å²) < 4.78 is 1.95. The summed E-state index contributed by atoms with van der Waals surface area (Å²) in [6.07, 6.45) is 6.12. The summed E-state index contributed by atoms with van der Waals surface area (Å²) in [6.45, 7) is 1.31. The van der Waals surface area contributed by atoms with E-state index in [0.717, 1.165) is 13.0 Å². The van der Waals surface area contributed by atoms with Crippen LogP contribution >= 0.6 is 11.6 Å². The second kappa shape index (κ2) is 6.48. The van der Waals surface area contributed by atoms with Gasteiger partial charge < -0.3 is 9.88 Å². The zero-order valence-corrected chi connectivity index (χ0v) is 12.4. The number of nitrogens with zero attached hydrogens (tertiary/aromatic N) is 5. The molecule has 0 atom stereocenters. The number of carbonyl (C=O) groups is 1. The van der Waals surface area contributed by atoms with Gasteiger partial charge in [0.25, 0.3) is 5.91 Å². The topological polar surface area (TPSA) is 85.6 Å². The Kier molecular flexibility index (Phi) is 4.24. The number of aryl methyl sites for hydroxylation is 1. The average molecular weight is 317 g/mol. The molecule has 0 bridgehead atoms. The van der Waals surface area contributed by atoms with Crippen LogP contribution in [0.5, 0.6) is 0 Å². The summed E-state index contributed by atoms with van der Waals surface area (Å²) in [5, 5.41) is 11.1. The lowest BCUT2D eigenvalue weighted by molar-refractivity contribution is 0.0941. The summed E-state index contributed by atoms with van der Waals surface area (Å²) in [6, 6.07) is 5.07. The van der Waals surface area contributed by atoms with Gasteiger partial charge in [-0.3, -0.25) is 4.79 Å². The molecule has 8 heteroatoms. The number of halogens is 1. The summed E-state index contributed by atoms with van der Waals surface area (Å²) in [4.78, 5) is 20.1. The third kappa shape index (κ3) is 3.37. The van der Waals surface area contributed by atoms with E-state index in [0.29, 0.717) is 22.6 Å². The molecule has 7 nitrogen and oxygen atoms in total. The van der Waals surface area contributed by atoms with E-state index in [4.69, 9.17) is 11.6 Å². The number of rotatable bonds is 5. The van der Waals surface area contributed by atoms with Crippen molar-refractivity contribution in [2.24, 2.45) is 0 Å². The summed E-state index contributed by atoms with van der Waals surface area (Å²) in [5.41, 5.74) is 1.15. The first kappa shape index (κ1) is 14.4. The van der Waals surface area contributed by atoms with Crippen molar-refractivity contribution in [3.8, 4) is 0 Å². The molecule has 0 radical (unpaired) electrons. The maximum absolute atomic E-state index is 12.0. The Hall–Kier alpha value is -2.54. The number of hydrogen-bond acceptors (Lipinski definition) is 5. The van der Waals surface area contributed by atoms with E-state index >= 15 is 0 Å². The first-order valence-electron chi connectivity index (χ1n) is 6.76. The molecule has 0 aliphatic carbocycles. The van der Waals surface area contributed by atoms with Gasteiger partial charge in [-0.2, -0.15) is 0 Å². The van der Waals surface area contributed by atoms with Gasteiger partial charge >= 0.3 is 0 Å². The lowest BCUT2D eigenvalue weighted by atomic mass is 10.3. The Labute approximate surface area is 131 Å². The van der Waals surface area contributed by atoms with Crippen LogP contribution in [0.2, 0.25) is 5.02 Å². The van der Waals surface area contributed by atoms with Crippen LogP contribution in [-0.2, 0) is 6.54 Å². The standard InChI is InChI=1S/C14H13ClN6O/c15-10-2-3-11-12(8-10)18-13(20-19-11)14(22)17-4-1-6-21-7-5-16-9-21/h2-3,5,7-9H,1,4,6H2,(H,17,22). The summed E-state index contributed by atoms with van der Waals surface area (Å²) >= 11 is 5.91. The lowest BCUT2D eigenvalue weighted by Gasteiger charge is -2.05. The monoisotopic (exact) mass is 316 g/mol. The van der Waals surface area contributed by atoms with Gasteiger partial charge in [0.1, 0.15) is 5.52 Å². The maximum atomic E-state index is 12.0. The van der Waals surface area contributed by atoms with Gasteiger partial charge in [-0.25, -0.2) is 9.97 Å². The van der Waals surface area contributed by atoms with Crippen molar-refractivity contribution in [3.63, 3.8) is 0 Å². The normalized spacial score (nSPS) is 10.8. The highest BCUT2D eigenvalue weighted by Crippen LogP contribution is 2.14. The van der Waals surface area contributed by atoms with E-state index in [1.807, 2.05) is 10.8 Å². The van der Waals surface area contributed by atoms with E-state index in [1.54, 1.807) is 30.7 Å². The predicted molar refractivity (Wildman–Crippen MR) is 81.5 cm³/mol. The van der Waals surface area contributed by atoms with Crippen LogP contribution in [-0.4, -0.2) is 37.2 Å². The molecule has 0 spiro atoms. The first-order chi connectivity index (χ1) is 10.7. The number of fused-ring (bicyclic) bond motifs is 1. The van der Waals surface area contributed by atoms with Gasteiger partial charge in [-0.05, 0) is 24.6 Å². The molecular formula is C14H13ClN6O. The zero-order chi connectivity index (χ0) is 15.4. The molecule has 2 heterocycles. The number of amides is 1. The van der Waals surface area contributed by atoms with Crippen molar-refractivity contribution >= 4 is 28.5 Å². The van der Waals surface area contributed by atoms with Gasteiger partial charge in [-0.15, -0.1) is 10.2 Å². The largest absolute Gasteiger partial charge is 0.349 e. The number of nitrogens with one attached hydrogen (secondary N) is 1. The highest BCUT2D eigenvalue weighted by molar-refractivity contribution is 6.31. The van der Waals surface area contributed by atoms with Crippen LogP contribution in [0, 0.1) is 0 Å². The van der Waals surface area contributed by atoms with Gasteiger partial charge in [0.15, 0.2) is 0 Å². The molecule has 22 heavy (non-hydrogen) atoms. The number of benzene rings is 1. The fourth-order valence-electron chi connectivity index (χ4n) is 1.97. The van der Waals surface area contributed by atoms with Crippen LogP contribution in [0.3, 0.4) is 0 Å². The molecule has 0 aliphatic rings. The quantitative estimate of drug-likeness (QED) is 0.724. The zero-order valence-electron chi connectivity index (χ0n) is 11.6. The molecule has 3 aromatic rings. The molecule has 1 aromatic carbocycles. The third-order valence-corrected chi connectivity index (χ3v) is 3.29. The Balaban J connectivity index is 1.59. The molecule has 0 saturated carbocycles. The number of aromatic nitrogens is 5. The highest BCUT2D eigenvalue weighted by atomic mass is 35.5. The Morgan fingerprint density at radius 1 is 1.27 bits per heavy atom. The van der Waals surface area contributed by atoms with Crippen LogP contribution < -0.4 is 5.32 Å².